The van der Waals surface area contributed by atoms with Gasteiger partial charge in [-0.3, -0.25) is 14.6 Å². The van der Waals surface area contributed by atoms with Gasteiger partial charge in [0.15, 0.2) is 0 Å². The van der Waals surface area contributed by atoms with Gasteiger partial charge in [-0.1, -0.05) is 29.8 Å². The Bertz CT molecular complexity index is 510. The maximum absolute atomic E-state index is 10.9. The van der Waals surface area contributed by atoms with Gasteiger partial charge in [0, 0.05) is 18.6 Å². The lowest BCUT2D eigenvalue weighted by atomic mass is 10.0. The van der Waals surface area contributed by atoms with E-state index in [9.17, 15) is 4.79 Å². The Morgan fingerprint density at radius 3 is 2.78 bits per heavy atom. The third-order valence-electron chi connectivity index (χ3n) is 4.81. The number of benzene rings is 1. The Balaban J connectivity index is 0.00000264. The highest BCUT2D eigenvalue weighted by atomic mass is 35.5. The third-order valence-corrected chi connectivity index (χ3v) is 4.81. The van der Waals surface area contributed by atoms with Gasteiger partial charge in [-0.2, -0.15) is 0 Å². The second-order valence-corrected chi connectivity index (χ2v) is 6.52. The van der Waals surface area contributed by atoms with Gasteiger partial charge >= 0.3 is 5.97 Å². The Kier molecular flexibility index (Phi) is 8.03. The van der Waals surface area contributed by atoms with Crippen LogP contribution in [0, 0.1) is 6.92 Å². The topological polar surface area (TPSA) is 43.8 Å². The number of carboxylic acids is 1. The zero-order chi connectivity index (χ0) is 16.1. The maximum Gasteiger partial charge on any atom is 0.317 e. The summed E-state index contributed by atoms with van der Waals surface area (Å²) in [5.41, 5.74) is 2.68. The quantitative estimate of drug-likeness (QED) is 0.892. The van der Waals surface area contributed by atoms with E-state index in [-0.39, 0.29) is 19.0 Å². The number of rotatable bonds is 5. The monoisotopic (exact) mass is 340 g/mol. The largest absolute Gasteiger partial charge is 0.480 e. The van der Waals surface area contributed by atoms with Crippen molar-refractivity contribution in [2.24, 2.45) is 0 Å². The van der Waals surface area contributed by atoms with Crippen molar-refractivity contribution < 1.29 is 9.90 Å². The molecule has 23 heavy (non-hydrogen) atoms. The van der Waals surface area contributed by atoms with Crippen molar-refractivity contribution in [1.82, 2.24) is 9.80 Å². The number of carbonyl (C=O) groups is 1. The lowest BCUT2D eigenvalue weighted by molar-refractivity contribution is -0.138. The molecule has 2 rings (SSSR count). The van der Waals surface area contributed by atoms with Crippen LogP contribution in [0.3, 0.4) is 0 Å². The summed E-state index contributed by atoms with van der Waals surface area (Å²) in [6.07, 6.45) is 3.26. The normalized spacial score (nSPS) is 20.6. The number of hydrogen-bond donors (Lipinski definition) is 1. The van der Waals surface area contributed by atoms with Crippen LogP contribution in [0.1, 0.15) is 43.4 Å². The van der Waals surface area contributed by atoms with E-state index in [4.69, 9.17) is 5.11 Å². The zero-order valence-electron chi connectivity index (χ0n) is 14.4. The van der Waals surface area contributed by atoms with Crippen LogP contribution < -0.4 is 0 Å². The molecule has 1 aromatic rings. The van der Waals surface area contributed by atoms with E-state index in [1.54, 1.807) is 0 Å². The van der Waals surface area contributed by atoms with Gasteiger partial charge in [-0.15, -0.1) is 12.4 Å². The highest BCUT2D eigenvalue weighted by Crippen LogP contribution is 2.25. The van der Waals surface area contributed by atoms with Crippen molar-refractivity contribution in [3.05, 3.63) is 35.4 Å². The van der Waals surface area contributed by atoms with E-state index in [1.165, 1.54) is 11.1 Å². The molecule has 4 nitrogen and oxygen atoms in total. The molecule has 0 aromatic heterocycles. The molecule has 0 amide bonds. The molecule has 1 fully saturated rings. The fraction of sp³-hybridized carbons (Fsp3) is 0.611. The average Bonchev–Trinajstić information content (AvgIpc) is 2.71. The van der Waals surface area contributed by atoms with Crippen molar-refractivity contribution in [2.75, 3.05) is 26.7 Å². The van der Waals surface area contributed by atoms with Crippen LogP contribution in [-0.4, -0.2) is 53.6 Å². The van der Waals surface area contributed by atoms with E-state index in [1.807, 2.05) is 11.9 Å². The number of aryl methyl sites for hydroxylation is 1. The predicted molar refractivity (Wildman–Crippen MR) is 96.3 cm³/mol. The zero-order valence-corrected chi connectivity index (χ0v) is 15.2. The van der Waals surface area contributed by atoms with Crippen LogP contribution in [0.5, 0.6) is 0 Å². The van der Waals surface area contributed by atoms with E-state index < -0.39 is 5.97 Å². The molecule has 5 heteroatoms. The molecule has 1 aromatic carbocycles. The molecule has 0 spiro atoms. The van der Waals surface area contributed by atoms with Crippen molar-refractivity contribution in [2.45, 2.75) is 45.2 Å². The van der Waals surface area contributed by atoms with Crippen LogP contribution in [0.15, 0.2) is 24.3 Å². The predicted octanol–water partition coefficient (Wildman–Crippen LogP) is 3.35. The molecule has 130 valence electrons. The highest BCUT2D eigenvalue weighted by Gasteiger charge is 2.24. The van der Waals surface area contributed by atoms with Gasteiger partial charge in [-0.05, 0) is 52.3 Å². The molecular formula is C18H29ClN2O2. The molecule has 2 atom stereocenters. The van der Waals surface area contributed by atoms with E-state index in [0.717, 1.165) is 32.4 Å². The number of hydrogen-bond acceptors (Lipinski definition) is 3. The van der Waals surface area contributed by atoms with Crippen LogP contribution in [-0.2, 0) is 4.79 Å². The Labute approximate surface area is 145 Å². The van der Waals surface area contributed by atoms with Crippen molar-refractivity contribution >= 4 is 18.4 Å². The molecule has 2 unspecified atom stereocenters. The summed E-state index contributed by atoms with van der Waals surface area (Å²) in [4.78, 5) is 15.4. The smallest absolute Gasteiger partial charge is 0.317 e. The number of likely N-dealkylation sites (N-methyl/N-ethyl adjacent to an activating group) is 1. The maximum atomic E-state index is 10.9. The molecular weight excluding hydrogens is 312 g/mol. The first kappa shape index (κ1) is 19.9. The molecule has 0 bridgehead atoms. The van der Waals surface area contributed by atoms with E-state index >= 15 is 0 Å². The lowest BCUT2D eigenvalue weighted by Crippen LogP contribution is -2.36. The summed E-state index contributed by atoms with van der Waals surface area (Å²) >= 11 is 0. The molecule has 1 aliphatic heterocycles. The minimum absolute atomic E-state index is 0. The van der Waals surface area contributed by atoms with E-state index in [0.29, 0.717) is 12.1 Å². The Morgan fingerprint density at radius 1 is 1.39 bits per heavy atom. The first-order valence-corrected chi connectivity index (χ1v) is 8.20. The average molecular weight is 341 g/mol. The van der Waals surface area contributed by atoms with Crippen LogP contribution in [0.4, 0.5) is 0 Å². The number of likely N-dealkylation sites (tertiary alicyclic amines) is 1. The summed E-state index contributed by atoms with van der Waals surface area (Å²) in [5, 5.41) is 8.95. The minimum atomic E-state index is -0.739. The summed E-state index contributed by atoms with van der Waals surface area (Å²) in [5.74, 6) is -0.739. The fourth-order valence-electron chi connectivity index (χ4n) is 3.41. The van der Waals surface area contributed by atoms with Gasteiger partial charge in [0.05, 0.1) is 6.54 Å². The highest BCUT2D eigenvalue weighted by molar-refractivity contribution is 5.85. The summed E-state index contributed by atoms with van der Waals surface area (Å²) in [7, 11) is 1.93. The van der Waals surface area contributed by atoms with Gasteiger partial charge in [0.2, 0.25) is 0 Å². The lowest BCUT2D eigenvalue weighted by Gasteiger charge is -2.29. The van der Waals surface area contributed by atoms with Crippen molar-refractivity contribution in [3.8, 4) is 0 Å². The second-order valence-electron chi connectivity index (χ2n) is 6.52. The van der Waals surface area contributed by atoms with Crippen LogP contribution >= 0.6 is 12.4 Å². The first-order chi connectivity index (χ1) is 10.5. The standard InChI is InChI=1S/C18H28N2O2.ClH/c1-14-6-4-7-16(12-14)15(2)20-10-5-8-17(9-11-20)19(3)13-18(21)22;/h4,6-7,12,15,17H,5,8-11,13H2,1-3H3,(H,21,22);1H. The minimum Gasteiger partial charge on any atom is -0.480 e. The van der Waals surface area contributed by atoms with Gasteiger partial charge < -0.3 is 5.11 Å². The summed E-state index contributed by atoms with van der Waals surface area (Å²) in [6, 6.07) is 9.53. The Morgan fingerprint density at radius 2 is 2.13 bits per heavy atom. The van der Waals surface area contributed by atoms with Crippen LogP contribution in [0.25, 0.3) is 0 Å². The fourth-order valence-corrected chi connectivity index (χ4v) is 3.41. The third kappa shape index (κ3) is 5.79. The van der Waals surface area contributed by atoms with Crippen molar-refractivity contribution in [1.29, 1.82) is 0 Å². The number of aliphatic carboxylic acids is 1. The SMILES string of the molecule is Cc1cccc(C(C)N2CCCC(N(C)CC(=O)O)CC2)c1.Cl. The molecule has 1 aliphatic rings. The summed E-state index contributed by atoms with van der Waals surface area (Å²) < 4.78 is 0. The van der Waals surface area contributed by atoms with Crippen LogP contribution in [0.2, 0.25) is 0 Å². The van der Waals surface area contributed by atoms with Gasteiger partial charge in [-0.25, -0.2) is 0 Å². The molecule has 1 heterocycles. The molecule has 0 aliphatic carbocycles. The Hall–Kier alpha value is -1.10. The summed E-state index contributed by atoms with van der Waals surface area (Å²) in [6.45, 7) is 6.67. The molecule has 0 saturated carbocycles. The molecule has 1 saturated heterocycles. The molecule has 1 N–H and O–H groups in total. The number of halogens is 1. The van der Waals surface area contributed by atoms with E-state index in [2.05, 4.69) is 43.0 Å². The number of nitrogens with zero attached hydrogens (tertiary/aromatic N) is 2. The first-order valence-electron chi connectivity index (χ1n) is 8.20. The second kappa shape index (κ2) is 9.26. The van der Waals surface area contributed by atoms with Gasteiger partial charge in [0.25, 0.3) is 0 Å². The number of carboxylic acid groups (broad SMARTS) is 1. The van der Waals surface area contributed by atoms with Gasteiger partial charge in [0.1, 0.15) is 0 Å². The van der Waals surface area contributed by atoms with Crippen molar-refractivity contribution in [3.63, 3.8) is 0 Å². The molecule has 0 radical (unpaired) electrons.